The van der Waals surface area contributed by atoms with E-state index in [0.717, 1.165) is 24.0 Å². The van der Waals surface area contributed by atoms with Gasteiger partial charge in [-0.3, -0.25) is 9.36 Å². The summed E-state index contributed by atoms with van der Waals surface area (Å²) in [5.41, 5.74) is 1.80. The maximum atomic E-state index is 13.4. The van der Waals surface area contributed by atoms with Crippen LogP contribution >= 0.6 is 34.8 Å². The van der Waals surface area contributed by atoms with E-state index in [0.29, 0.717) is 58.1 Å². The van der Waals surface area contributed by atoms with E-state index >= 15 is 0 Å². The summed E-state index contributed by atoms with van der Waals surface area (Å²) in [6.45, 7) is 0.787. The number of hydrogen-bond acceptors (Lipinski definition) is 6. The third kappa shape index (κ3) is 7.41. The van der Waals surface area contributed by atoms with Gasteiger partial charge in [0.1, 0.15) is 24.0 Å². The summed E-state index contributed by atoms with van der Waals surface area (Å²) in [6, 6.07) is 14.2. The Labute approximate surface area is 242 Å². The highest BCUT2D eigenvalue weighted by Crippen LogP contribution is 2.31. The molecule has 1 unspecified atom stereocenters. The number of amides is 1. The fraction of sp³-hybridized carbons (Fsp3) is 0.286. The number of nitrogens with zero attached hydrogens (tertiary/aromatic N) is 4. The lowest BCUT2D eigenvalue weighted by atomic mass is 9.80. The van der Waals surface area contributed by atoms with E-state index in [2.05, 4.69) is 30.9 Å². The molecule has 11 heteroatoms. The average molecular weight is 585 g/mol. The minimum atomic E-state index is -0.479. The molecule has 4 aromatic rings. The van der Waals surface area contributed by atoms with Crippen LogP contribution in [0.15, 0.2) is 67.3 Å². The van der Waals surface area contributed by atoms with Crippen LogP contribution in [-0.4, -0.2) is 31.5 Å². The first-order valence-electron chi connectivity index (χ1n) is 12.8. The van der Waals surface area contributed by atoms with Gasteiger partial charge in [0.15, 0.2) is 0 Å². The van der Waals surface area contributed by atoms with Crippen molar-refractivity contribution in [2.45, 2.75) is 44.8 Å². The minimum Gasteiger partial charge on any atom is -0.358 e. The summed E-state index contributed by atoms with van der Waals surface area (Å²) in [5, 5.41) is 11.4. The third-order valence-corrected chi connectivity index (χ3v) is 7.54. The molecule has 1 atom stereocenters. The molecule has 3 N–H and O–H groups in total. The number of halogens is 3. The van der Waals surface area contributed by atoms with Crippen molar-refractivity contribution < 1.29 is 4.79 Å². The molecule has 0 radical (unpaired) electrons. The molecule has 1 saturated carbocycles. The minimum absolute atomic E-state index is 0.121. The van der Waals surface area contributed by atoms with Crippen molar-refractivity contribution in [3.63, 3.8) is 0 Å². The second-order valence-electron chi connectivity index (χ2n) is 9.57. The molecule has 0 bridgehead atoms. The van der Waals surface area contributed by atoms with Crippen molar-refractivity contribution in [2.24, 2.45) is 5.92 Å². The number of carbonyl (C=O) groups is 1. The van der Waals surface area contributed by atoms with Crippen LogP contribution in [0.25, 0.3) is 5.82 Å². The van der Waals surface area contributed by atoms with Gasteiger partial charge in [0.25, 0.3) is 0 Å². The van der Waals surface area contributed by atoms with E-state index < -0.39 is 6.04 Å². The summed E-state index contributed by atoms with van der Waals surface area (Å²) in [5.74, 6) is 1.94. The van der Waals surface area contributed by atoms with Crippen molar-refractivity contribution in [1.29, 1.82) is 0 Å². The van der Waals surface area contributed by atoms with Gasteiger partial charge in [-0.15, -0.1) is 0 Å². The Morgan fingerprint density at radius 1 is 1.03 bits per heavy atom. The smallest absolute Gasteiger partial charge is 0.242 e. The summed E-state index contributed by atoms with van der Waals surface area (Å²) in [6.07, 6.45) is 9.28. The highest BCUT2D eigenvalue weighted by Gasteiger charge is 2.27. The summed E-state index contributed by atoms with van der Waals surface area (Å²) >= 11 is 18.5. The zero-order valence-electron chi connectivity index (χ0n) is 21.1. The third-order valence-electron chi connectivity index (χ3n) is 6.72. The summed E-state index contributed by atoms with van der Waals surface area (Å²) in [7, 11) is 0. The second kappa shape index (κ2) is 12.7. The van der Waals surface area contributed by atoms with Crippen LogP contribution in [0.3, 0.4) is 0 Å². The number of hydrogen-bond donors (Lipinski definition) is 3. The molecular formula is C28H28Cl3N7O. The van der Waals surface area contributed by atoms with Gasteiger partial charge in [-0.1, -0.05) is 72.3 Å². The fourth-order valence-electron chi connectivity index (χ4n) is 4.38. The lowest BCUT2D eigenvalue weighted by Crippen LogP contribution is -2.41. The van der Waals surface area contributed by atoms with Gasteiger partial charge < -0.3 is 16.0 Å². The van der Waals surface area contributed by atoms with Crippen LogP contribution < -0.4 is 16.0 Å². The zero-order valence-corrected chi connectivity index (χ0v) is 23.3. The first-order chi connectivity index (χ1) is 18.9. The molecule has 1 aliphatic rings. The monoisotopic (exact) mass is 583 g/mol. The van der Waals surface area contributed by atoms with Crippen LogP contribution in [0, 0.1) is 5.92 Å². The Balaban J connectivity index is 1.35. The molecule has 39 heavy (non-hydrogen) atoms. The van der Waals surface area contributed by atoms with Crippen molar-refractivity contribution >= 4 is 52.5 Å². The zero-order chi connectivity index (χ0) is 27.2. The maximum absolute atomic E-state index is 13.4. The normalized spacial score (nSPS) is 13.9. The number of imidazole rings is 1. The van der Waals surface area contributed by atoms with Gasteiger partial charge in [0.2, 0.25) is 11.9 Å². The van der Waals surface area contributed by atoms with E-state index in [1.807, 2.05) is 36.4 Å². The Hall–Kier alpha value is -3.33. The molecule has 0 aliphatic heterocycles. The lowest BCUT2D eigenvalue weighted by molar-refractivity contribution is -0.122. The molecule has 8 nitrogen and oxygen atoms in total. The Kier molecular flexibility index (Phi) is 8.86. The average Bonchev–Trinajstić information content (AvgIpc) is 3.43. The second-order valence-corrected chi connectivity index (χ2v) is 10.9. The van der Waals surface area contributed by atoms with E-state index in [1.54, 1.807) is 35.4 Å². The SMILES string of the molecule is O=C(NCc1ccc(Cl)cc1Cl)C(CC1CCC1)Nc1cc(-n2ccnc2)nc(NCc2cccc(Cl)c2)n1. The molecule has 2 heterocycles. The van der Waals surface area contributed by atoms with Crippen LogP contribution in [0.5, 0.6) is 0 Å². The number of rotatable bonds is 11. The summed E-state index contributed by atoms with van der Waals surface area (Å²) in [4.78, 5) is 26.9. The molecule has 1 amide bonds. The predicted octanol–water partition coefficient (Wildman–Crippen LogP) is 6.52. The van der Waals surface area contributed by atoms with Crippen LogP contribution in [0.4, 0.5) is 11.8 Å². The topological polar surface area (TPSA) is 96.8 Å². The number of anilines is 2. The molecule has 202 valence electrons. The van der Waals surface area contributed by atoms with Crippen LogP contribution in [0.1, 0.15) is 36.8 Å². The van der Waals surface area contributed by atoms with Crippen LogP contribution in [0.2, 0.25) is 15.1 Å². The fourth-order valence-corrected chi connectivity index (χ4v) is 5.07. The van der Waals surface area contributed by atoms with E-state index in [1.165, 1.54) is 6.42 Å². The highest BCUT2D eigenvalue weighted by atomic mass is 35.5. The Morgan fingerprint density at radius 2 is 1.87 bits per heavy atom. The van der Waals surface area contributed by atoms with Gasteiger partial charge in [-0.05, 0) is 47.7 Å². The molecule has 1 fully saturated rings. The Bertz CT molecular complexity index is 1430. The molecule has 5 rings (SSSR count). The molecule has 2 aromatic carbocycles. The quantitative estimate of drug-likeness (QED) is 0.186. The molecule has 0 spiro atoms. The number of benzene rings is 2. The van der Waals surface area contributed by atoms with Gasteiger partial charge >= 0.3 is 0 Å². The number of aromatic nitrogens is 4. The molecule has 0 saturated heterocycles. The van der Waals surface area contributed by atoms with Gasteiger partial charge in [-0.2, -0.15) is 9.97 Å². The largest absolute Gasteiger partial charge is 0.358 e. The summed E-state index contributed by atoms with van der Waals surface area (Å²) < 4.78 is 1.79. The lowest BCUT2D eigenvalue weighted by Gasteiger charge is -2.30. The molecule has 1 aliphatic carbocycles. The van der Waals surface area contributed by atoms with Crippen molar-refractivity contribution in [1.82, 2.24) is 24.8 Å². The van der Waals surface area contributed by atoms with Crippen LogP contribution in [-0.2, 0) is 17.9 Å². The molecular weight excluding hydrogens is 557 g/mol. The first-order valence-corrected chi connectivity index (χ1v) is 13.9. The van der Waals surface area contributed by atoms with Gasteiger partial charge in [-0.25, -0.2) is 4.98 Å². The molecule has 2 aromatic heterocycles. The van der Waals surface area contributed by atoms with E-state index in [9.17, 15) is 4.79 Å². The van der Waals surface area contributed by atoms with Crippen molar-refractivity contribution in [3.05, 3.63) is 93.4 Å². The maximum Gasteiger partial charge on any atom is 0.242 e. The van der Waals surface area contributed by atoms with E-state index in [-0.39, 0.29) is 5.91 Å². The number of carbonyl (C=O) groups excluding carboxylic acids is 1. The predicted molar refractivity (Wildman–Crippen MR) is 156 cm³/mol. The highest BCUT2D eigenvalue weighted by molar-refractivity contribution is 6.35. The van der Waals surface area contributed by atoms with Crippen molar-refractivity contribution in [3.8, 4) is 5.82 Å². The number of nitrogens with one attached hydrogen (secondary N) is 3. The first kappa shape index (κ1) is 27.2. The Morgan fingerprint density at radius 3 is 2.59 bits per heavy atom. The van der Waals surface area contributed by atoms with Gasteiger partial charge in [0.05, 0.1) is 0 Å². The van der Waals surface area contributed by atoms with Gasteiger partial charge in [0, 0.05) is 46.6 Å². The standard InChI is InChI=1S/C28H28Cl3N7O/c29-21-6-2-5-19(11-21)15-34-28-36-25(14-26(37-28)38-10-9-32-17-38)35-24(12-18-3-1-4-18)27(39)33-16-20-7-8-22(30)13-23(20)31/h2,5-11,13-14,17-18,24H,1,3-4,12,15-16H2,(H,33,39)(H2,34,35,36,37). The van der Waals surface area contributed by atoms with E-state index in [4.69, 9.17) is 34.8 Å². The van der Waals surface area contributed by atoms with Crippen molar-refractivity contribution in [2.75, 3.05) is 10.6 Å².